The highest BCUT2D eigenvalue weighted by Gasteiger charge is 2.13. The fourth-order valence-corrected chi connectivity index (χ4v) is 1.95. The van der Waals surface area contributed by atoms with Crippen LogP contribution in [-0.2, 0) is 0 Å². The number of benzene rings is 1. The Hall–Kier alpha value is -1.65. The van der Waals surface area contributed by atoms with Crippen molar-refractivity contribution in [1.82, 2.24) is 0 Å². The maximum Gasteiger partial charge on any atom is 0.154 e. The predicted molar refractivity (Wildman–Crippen MR) is 78.7 cm³/mol. The smallest absolute Gasteiger partial charge is 0.154 e. The second-order valence-corrected chi connectivity index (χ2v) is 4.81. The number of carbonyl (C=O) groups is 1. The van der Waals surface area contributed by atoms with Crippen molar-refractivity contribution in [3.8, 4) is 5.75 Å². The minimum absolute atomic E-state index is 0.0971. The largest absolute Gasteiger partial charge is 0.507 e. The van der Waals surface area contributed by atoms with Crippen molar-refractivity contribution in [3.63, 3.8) is 0 Å². The standard InChI is InChI=1S/C16H22O4/c1-2-3-4-7-15(19)16(20)10-9-12-6-5-8-14(18)13(12)11-17/h5-6,8-11,15-16,18-20H,2-4,7H2,1H3/t15-,16+/m0/s1. The van der Waals surface area contributed by atoms with Crippen molar-refractivity contribution in [2.75, 3.05) is 0 Å². The van der Waals surface area contributed by atoms with E-state index in [0.29, 0.717) is 18.3 Å². The molecule has 0 radical (unpaired) electrons. The maximum atomic E-state index is 10.9. The number of aldehydes is 1. The summed E-state index contributed by atoms with van der Waals surface area (Å²) >= 11 is 0. The summed E-state index contributed by atoms with van der Waals surface area (Å²) in [5, 5.41) is 29.1. The molecular formula is C16H22O4. The molecule has 0 unspecified atom stereocenters. The van der Waals surface area contributed by atoms with E-state index in [0.717, 1.165) is 19.3 Å². The van der Waals surface area contributed by atoms with Gasteiger partial charge in [0.15, 0.2) is 6.29 Å². The molecule has 4 heteroatoms. The number of phenols is 1. The van der Waals surface area contributed by atoms with E-state index in [9.17, 15) is 20.1 Å². The van der Waals surface area contributed by atoms with E-state index in [2.05, 4.69) is 6.92 Å². The Morgan fingerprint density at radius 3 is 2.65 bits per heavy atom. The predicted octanol–water partition coefficient (Wildman–Crippen LogP) is 2.52. The van der Waals surface area contributed by atoms with Crippen LogP contribution < -0.4 is 0 Å². The third-order valence-corrected chi connectivity index (χ3v) is 3.21. The topological polar surface area (TPSA) is 77.8 Å². The first kappa shape index (κ1) is 16.4. The van der Waals surface area contributed by atoms with Gasteiger partial charge >= 0.3 is 0 Å². The molecule has 0 aromatic heterocycles. The van der Waals surface area contributed by atoms with Gasteiger partial charge in [0.2, 0.25) is 0 Å². The van der Waals surface area contributed by atoms with Crippen molar-refractivity contribution in [1.29, 1.82) is 0 Å². The molecule has 0 spiro atoms. The Bertz CT molecular complexity index is 454. The highest BCUT2D eigenvalue weighted by molar-refractivity contribution is 5.85. The molecule has 0 aliphatic rings. The summed E-state index contributed by atoms with van der Waals surface area (Å²) in [4.78, 5) is 10.9. The average molecular weight is 278 g/mol. The molecule has 3 N–H and O–H groups in total. The number of rotatable bonds is 8. The summed E-state index contributed by atoms with van der Waals surface area (Å²) in [6.07, 6.45) is 5.26. The lowest BCUT2D eigenvalue weighted by atomic mass is 10.0. The van der Waals surface area contributed by atoms with Crippen molar-refractivity contribution in [2.24, 2.45) is 0 Å². The SMILES string of the molecule is CCCCC[C@H](O)[C@H](O)C=Cc1cccc(O)c1C=O. The number of carbonyl (C=O) groups excluding carboxylic acids is 1. The Balaban J connectivity index is 2.67. The number of aliphatic hydroxyl groups is 2. The fourth-order valence-electron chi connectivity index (χ4n) is 1.95. The highest BCUT2D eigenvalue weighted by Crippen LogP contribution is 2.20. The number of phenolic OH excluding ortho intramolecular Hbond substituents is 1. The molecule has 0 saturated carbocycles. The first-order valence-corrected chi connectivity index (χ1v) is 6.91. The number of unbranched alkanes of at least 4 members (excludes halogenated alkanes) is 2. The van der Waals surface area contributed by atoms with E-state index in [1.807, 2.05) is 0 Å². The molecule has 0 fully saturated rings. The van der Waals surface area contributed by atoms with Gasteiger partial charge in [-0.1, -0.05) is 50.5 Å². The lowest BCUT2D eigenvalue weighted by molar-refractivity contribution is 0.0420. The number of aliphatic hydroxyl groups excluding tert-OH is 2. The molecule has 1 rings (SSSR count). The number of aromatic hydroxyl groups is 1. The first-order valence-electron chi connectivity index (χ1n) is 6.91. The Morgan fingerprint density at radius 1 is 1.25 bits per heavy atom. The summed E-state index contributed by atoms with van der Waals surface area (Å²) in [5.74, 6) is -0.0971. The number of hydrogen-bond donors (Lipinski definition) is 3. The summed E-state index contributed by atoms with van der Waals surface area (Å²) in [5.41, 5.74) is 0.691. The fraction of sp³-hybridized carbons (Fsp3) is 0.438. The lowest BCUT2D eigenvalue weighted by Crippen LogP contribution is -2.23. The van der Waals surface area contributed by atoms with Gasteiger partial charge in [0, 0.05) is 0 Å². The monoisotopic (exact) mass is 278 g/mol. The van der Waals surface area contributed by atoms with Crippen LogP contribution >= 0.6 is 0 Å². The van der Waals surface area contributed by atoms with Gasteiger partial charge in [-0.2, -0.15) is 0 Å². The summed E-state index contributed by atoms with van der Waals surface area (Å²) in [6, 6.07) is 4.71. The summed E-state index contributed by atoms with van der Waals surface area (Å²) in [7, 11) is 0. The van der Waals surface area contributed by atoms with Crippen LogP contribution in [0, 0.1) is 0 Å². The Kier molecular flexibility index (Phi) is 6.98. The van der Waals surface area contributed by atoms with Gasteiger partial charge < -0.3 is 15.3 Å². The Labute approximate surface area is 119 Å². The summed E-state index contributed by atoms with van der Waals surface area (Å²) in [6.45, 7) is 2.07. The van der Waals surface area contributed by atoms with Gasteiger partial charge in [0.05, 0.1) is 17.8 Å². The molecule has 0 heterocycles. The zero-order valence-electron chi connectivity index (χ0n) is 11.7. The van der Waals surface area contributed by atoms with Crippen molar-refractivity contribution in [3.05, 3.63) is 35.4 Å². The van der Waals surface area contributed by atoms with E-state index in [-0.39, 0.29) is 11.3 Å². The molecular weight excluding hydrogens is 256 g/mol. The van der Waals surface area contributed by atoms with Crippen molar-refractivity contribution >= 4 is 12.4 Å². The van der Waals surface area contributed by atoms with E-state index in [4.69, 9.17) is 0 Å². The third kappa shape index (κ3) is 4.79. The van der Waals surface area contributed by atoms with E-state index >= 15 is 0 Å². The lowest BCUT2D eigenvalue weighted by Gasteiger charge is -2.14. The van der Waals surface area contributed by atoms with Crippen LogP contribution in [0.3, 0.4) is 0 Å². The van der Waals surface area contributed by atoms with E-state index < -0.39 is 12.2 Å². The zero-order chi connectivity index (χ0) is 15.0. The van der Waals surface area contributed by atoms with Gasteiger partial charge in [-0.25, -0.2) is 0 Å². The van der Waals surface area contributed by atoms with Crippen LogP contribution in [-0.4, -0.2) is 33.8 Å². The van der Waals surface area contributed by atoms with Crippen LogP contribution in [0.2, 0.25) is 0 Å². The molecule has 0 saturated heterocycles. The summed E-state index contributed by atoms with van der Waals surface area (Å²) < 4.78 is 0. The van der Waals surface area contributed by atoms with E-state index in [1.54, 1.807) is 12.1 Å². The molecule has 110 valence electrons. The second kappa shape index (κ2) is 8.51. The van der Waals surface area contributed by atoms with Gasteiger partial charge in [0.25, 0.3) is 0 Å². The van der Waals surface area contributed by atoms with Gasteiger partial charge in [-0.3, -0.25) is 4.79 Å². The van der Waals surface area contributed by atoms with Crippen LogP contribution in [0.5, 0.6) is 5.75 Å². The maximum absolute atomic E-state index is 10.9. The molecule has 4 nitrogen and oxygen atoms in total. The van der Waals surface area contributed by atoms with Gasteiger partial charge in [0.1, 0.15) is 5.75 Å². The van der Waals surface area contributed by atoms with Crippen LogP contribution in [0.25, 0.3) is 6.08 Å². The Morgan fingerprint density at radius 2 is 2.00 bits per heavy atom. The quantitative estimate of drug-likeness (QED) is 0.504. The molecule has 20 heavy (non-hydrogen) atoms. The molecule has 2 atom stereocenters. The second-order valence-electron chi connectivity index (χ2n) is 4.81. The number of hydrogen-bond acceptors (Lipinski definition) is 4. The molecule has 0 aliphatic carbocycles. The molecule has 1 aromatic carbocycles. The van der Waals surface area contributed by atoms with Gasteiger partial charge in [-0.15, -0.1) is 0 Å². The highest BCUT2D eigenvalue weighted by atomic mass is 16.3. The third-order valence-electron chi connectivity index (χ3n) is 3.21. The van der Waals surface area contributed by atoms with Crippen LogP contribution in [0.15, 0.2) is 24.3 Å². The minimum atomic E-state index is -0.978. The minimum Gasteiger partial charge on any atom is -0.507 e. The molecule has 0 aliphatic heterocycles. The normalized spacial score (nSPS) is 14.3. The first-order chi connectivity index (χ1) is 9.60. The van der Waals surface area contributed by atoms with Crippen LogP contribution in [0.1, 0.15) is 48.5 Å². The van der Waals surface area contributed by atoms with E-state index in [1.165, 1.54) is 18.2 Å². The van der Waals surface area contributed by atoms with Crippen LogP contribution in [0.4, 0.5) is 0 Å². The zero-order valence-corrected chi connectivity index (χ0v) is 11.7. The van der Waals surface area contributed by atoms with Gasteiger partial charge in [-0.05, 0) is 18.1 Å². The molecule has 1 aromatic rings. The molecule has 0 amide bonds. The van der Waals surface area contributed by atoms with Crippen molar-refractivity contribution < 1.29 is 20.1 Å². The molecule has 0 bridgehead atoms. The van der Waals surface area contributed by atoms with Crippen molar-refractivity contribution in [2.45, 2.75) is 44.8 Å². The average Bonchev–Trinajstić information content (AvgIpc) is 2.44.